The summed E-state index contributed by atoms with van der Waals surface area (Å²) in [7, 11) is 6.42. The van der Waals surface area contributed by atoms with Crippen molar-refractivity contribution >= 4 is 34.0 Å². The molecule has 268 valence electrons. The van der Waals surface area contributed by atoms with Crippen LogP contribution >= 0.6 is 0 Å². The fraction of sp³-hybridized carbons (Fsp3) is 0.568. The summed E-state index contributed by atoms with van der Waals surface area (Å²) in [4.78, 5) is 48.4. The number of phenols is 1. The van der Waals surface area contributed by atoms with Gasteiger partial charge < -0.3 is 19.3 Å². The first-order chi connectivity index (χ1) is 23.1. The third kappa shape index (κ3) is 8.05. The van der Waals surface area contributed by atoms with Gasteiger partial charge in [0.05, 0.1) is 54.7 Å². The third-order valence-electron chi connectivity index (χ3n) is 10.2. The van der Waals surface area contributed by atoms with Gasteiger partial charge in [0.25, 0.3) is 0 Å². The number of esters is 2. The summed E-state index contributed by atoms with van der Waals surface area (Å²) in [6, 6.07) is 10.8. The van der Waals surface area contributed by atoms with Gasteiger partial charge in [0.1, 0.15) is 11.5 Å². The normalized spacial score (nSPS) is 20.6. The Balaban J connectivity index is 0.000000217. The fourth-order valence-corrected chi connectivity index (χ4v) is 7.41. The quantitative estimate of drug-likeness (QED) is 0.245. The average Bonchev–Trinajstić information content (AvgIpc) is 3.47. The maximum atomic E-state index is 12.7. The highest BCUT2D eigenvalue weighted by atomic mass is 16.5. The number of methoxy groups -OCH3 is 2. The minimum Gasteiger partial charge on any atom is -0.508 e. The van der Waals surface area contributed by atoms with Crippen LogP contribution in [0.25, 0.3) is 22.1 Å². The second kappa shape index (κ2) is 16.3. The highest BCUT2D eigenvalue weighted by Gasteiger charge is 2.29. The van der Waals surface area contributed by atoms with Crippen molar-refractivity contribution in [3.8, 4) is 11.5 Å². The topological polar surface area (TPSA) is 136 Å². The number of rotatable bonds is 8. The average molecular weight is 681 g/mol. The molecule has 12 heteroatoms. The lowest BCUT2D eigenvalue weighted by atomic mass is 9.82. The monoisotopic (exact) mass is 680 g/mol. The van der Waals surface area contributed by atoms with Crippen LogP contribution in [0.4, 0.5) is 0 Å². The zero-order chi connectivity index (χ0) is 34.5. The van der Waals surface area contributed by atoms with Crippen LogP contribution < -0.4 is 16.1 Å². The highest BCUT2D eigenvalue weighted by molar-refractivity contribution is 5.78. The first-order valence-corrected chi connectivity index (χ1v) is 16.9. The van der Waals surface area contributed by atoms with Crippen LogP contribution in [0.2, 0.25) is 0 Å². The molecule has 0 aliphatic heterocycles. The number of phenolic OH excluding ortho intramolecular Hbond substituents is 1. The molecular weight excluding hydrogens is 628 g/mol. The van der Waals surface area contributed by atoms with Crippen LogP contribution in [0.5, 0.6) is 11.5 Å². The number of aromatic nitrogens is 4. The van der Waals surface area contributed by atoms with Crippen LogP contribution in [0.15, 0.2) is 46.0 Å². The van der Waals surface area contributed by atoms with Crippen molar-refractivity contribution in [1.29, 1.82) is 0 Å². The van der Waals surface area contributed by atoms with Gasteiger partial charge in [-0.3, -0.25) is 27.9 Å². The van der Waals surface area contributed by atoms with E-state index in [2.05, 4.69) is 0 Å². The van der Waals surface area contributed by atoms with Crippen molar-refractivity contribution < 1.29 is 28.9 Å². The molecule has 0 saturated heterocycles. The summed E-state index contributed by atoms with van der Waals surface area (Å²) in [6.45, 7) is 3.84. The molecule has 0 amide bonds. The Morgan fingerprint density at radius 1 is 0.694 bits per heavy atom. The fourth-order valence-electron chi connectivity index (χ4n) is 7.41. The molecule has 2 aliphatic rings. The van der Waals surface area contributed by atoms with E-state index in [1.807, 2.05) is 29.7 Å². The number of aromatic hydroxyl groups is 1. The maximum absolute atomic E-state index is 12.7. The number of carbonyl (C=O) groups is 2. The zero-order valence-corrected chi connectivity index (χ0v) is 28.6. The van der Waals surface area contributed by atoms with E-state index in [1.54, 1.807) is 46.0 Å². The second-order valence-corrected chi connectivity index (χ2v) is 13.1. The van der Waals surface area contributed by atoms with Gasteiger partial charge in [-0.1, -0.05) is 7.43 Å². The van der Waals surface area contributed by atoms with Gasteiger partial charge in [0, 0.05) is 39.3 Å². The van der Waals surface area contributed by atoms with Crippen LogP contribution in [-0.2, 0) is 46.2 Å². The molecule has 49 heavy (non-hydrogen) atoms. The van der Waals surface area contributed by atoms with Crippen molar-refractivity contribution in [3.05, 3.63) is 57.4 Å². The Morgan fingerprint density at radius 2 is 1.12 bits per heavy atom. The molecule has 0 atom stereocenters. The van der Waals surface area contributed by atoms with Crippen LogP contribution in [-0.4, -0.2) is 56.1 Å². The summed E-state index contributed by atoms with van der Waals surface area (Å²) >= 11 is 0. The first-order valence-electron chi connectivity index (χ1n) is 16.9. The van der Waals surface area contributed by atoms with E-state index >= 15 is 0 Å². The summed E-state index contributed by atoms with van der Waals surface area (Å²) in [5.41, 5.74) is 3.33. The van der Waals surface area contributed by atoms with Gasteiger partial charge in [-0.25, -0.2) is 9.59 Å². The Labute approximate surface area is 287 Å². The first kappa shape index (κ1) is 37.3. The van der Waals surface area contributed by atoms with Crippen LogP contribution in [0.1, 0.15) is 65.7 Å². The van der Waals surface area contributed by atoms with Crippen molar-refractivity contribution in [1.82, 2.24) is 18.3 Å². The number of hydrogen-bond donors (Lipinski definition) is 1. The predicted octanol–water partition coefficient (Wildman–Crippen LogP) is 5.38. The molecule has 0 spiro atoms. The molecule has 0 radical (unpaired) electrons. The summed E-state index contributed by atoms with van der Waals surface area (Å²) in [5, 5.41) is 9.71. The third-order valence-corrected chi connectivity index (χ3v) is 10.2. The number of imidazole rings is 2. The number of nitrogens with zero attached hydrogens (tertiary/aromatic N) is 4. The van der Waals surface area contributed by atoms with Gasteiger partial charge in [0.2, 0.25) is 0 Å². The summed E-state index contributed by atoms with van der Waals surface area (Å²) in [5.74, 6) is 1.47. The molecule has 2 aromatic heterocycles. The Hall–Kier alpha value is -4.48. The molecule has 6 rings (SSSR count). The maximum Gasteiger partial charge on any atom is 0.328 e. The molecule has 4 aromatic rings. The minimum absolute atomic E-state index is 0. The van der Waals surface area contributed by atoms with Crippen LogP contribution in [0.3, 0.4) is 0 Å². The molecule has 2 saturated carbocycles. The molecule has 0 unspecified atom stereocenters. The van der Waals surface area contributed by atoms with Crippen LogP contribution in [0, 0.1) is 23.7 Å². The second-order valence-electron chi connectivity index (χ2n) is 13.1. The predicted molar refractivity (Wildman–Crippen MR) is 189 cm³/mol. The van der Waals surface area contributed by atoms with Crippen molar-refractivity contribution in [2.45, 2.75) is 78.8 Å². The molecule has 2 aromatic carbocycles. The summed E-state index contributed by atoms with van der Waals surface area (Å²) < 4.78 is 22.1. The van der Waals surface area contributed by atoms with Gasteiger partial charge >= 0.3 is 23.3 Å². The van der Waals surface area contributed by atoms with E-state index in [0.29, 0.717) is 31.5 Å². The molecule has 0 bridgehead atoms. The van der Waals surface area contributed by atoms with Gasteiger partial charge in [-0.05, 0) is 94.4 Å². The largest absolute Gasteiger partial charge is 0.508 e. The molecule has 12 nitrogen and oxygen atoms in total. The molecule has 2 aliphatic carbocycles. The minimum atomic E-state index is -0.129. The number of ether oxygens (including phenoxy) is 3. The molecule has 2 heterocycles. The van der Waals surface area contributed by atoms with Crippen molar-refractivity contribution in [2.75, 3.05) is 20.8 Å². The smallest absolute Gasteiger partial charge is 0.328 e. The lowest BCUT2D eigenvalue weighted by molar-refractivity contribution is -0.147. The van der Waals surface area contributed by atoms with E-state index in [-0.39, 0.29) is 48.3 Å². The molecule has 2 fully saturated rings. The Bertz CT molecular complexity index is 1870. The van der Waals surface area contributed by atoms with Crippen molar-refractivity contribution in [2.24, 2.45) is 37.8 Å². The summed E-state index contributed by atoms with van der Waals surface area (Å²) in [6.07, 6.45) is 6.97. The van der Waals surface area contributed by atoms with Crippen molar-refractivity contribution in [3.63, 3.8) is 0 Å². The molecule has 1 N–H and O–H groups in total. The number of benzene rings is 2. The standard InChI is InChI=1S/C19H26N2O4.C17H22N2O4.CH4/c1-4-25-15-9-10-16-17(11-15)21(19(23)20(16)2)12-13-5-7-14(8-6-13)18(22)24-3;1-18-14-8-7-13(20)9-15(14)19(17(18)22)10-11-3-5-12(6-4-11)16(21)23-2;/h9-11,13-14H,4-8,12H2,1-3H3;7-9,11-12,20H,3-6,10H2,1-2H3;1H4. The number of aryl methyl sites for hydroxylation is 2. The van der Waals surface area contributed by atoms with E-state index < -0.39 is 0 Å². The van der Waals surface area contributed by atoms with E-state index in [9.17, 15) is 24.3 Å². The molecular formula is C37H52N4O8. The zero-order valence-electron chi connectivity index (χ0n) is 28.6. The van der Waals surface area contributed by atoms with E-state index in [1.165, 1.54) is 14.2 Å². The lowest BCUT2D eigenvalue weighted by Crippen LogP contribution is -2.29. The Kier molecular flexibility index (Phi) is 12.4. The van der Waals surface area contributed by atoms with Gasteiger partial charge in [0.15, 0.2) is 0 Å². The van der Waals surface area contributed by atoms with Gasteiger partial charge in [-0.2, -0.15) is 0 Å². The lowest BCUT2D eigenvalue weighted by Gasteiger charge is -2.27. The SMILES string of the molecule is C.CCOc1ccc2c(c1)n(CC1CCC(C(=O)OC)CC1)c(=O)n2C.COC(=O)C1CCC(Cn2c(=O)n(C)c3ccc(O)cc32)CC1. The van der Waals surface area contributed by atoms with E-state index in [4.69, 9.17) is 14.2 Å². The number of carbonyl (C=O) groups excluding carboxylic acids is 2. The number of hydrogen-bond acceptors (Lipinski definition) is 8. The van der Waals surface area contributed by atoms with E-state index in [0.717, 1.165) is 79.2 Å². The Morgan fingerprint density at radius 3 is 1.55 bits per heavy atom. The van der Waals surface area contributed by atoms with Gasteiger partial charge in [-0.15, -0.1) is 0 Å². The number of fused-ring (bicyclic) bond motifs is 2. The highest BCUT2D eigenvalue weighted by Crippen LogP contribution is 2.33.